The standard InChI is InChI=1S/C18H23FN4O3S/c1-13-5-6-15(11-16(13)19)18(24)22-7-4-8-23(10-9-22)27(25,26)17-12-21(3)14(2)20-17/h5-6,11-12H,4,7-10H2,1-3H3. The number of halogens is 1. The molecule has 2 heterocycles. The Hall–Kier alpha value is -2.26. The van der Waals surface area contributed by atoms with Gasteiger partial charge in [0.2, 0.25) is 0 Å². The molecule has 0 spiro atoms. The van der Waals surface area contributed by atoms with Gasteiger partial charge in [0.15, 0.2) is 5.03 Å². The predicted octanol–water partition coefficient (Wildman–Crippen LogP) is 1.71. The number of sulfonamides is 1. The Balaban J connectivity index is 1.75. The minimum atomic E-state index is -3.71. The molecule has 0 unspecified atom stereocenters. The predicted molar refractivity (Wildman–Crippen MR) is 98.4 cm³/mol. The summed E-state index contributed by atoms with van der Waals surface area (Å²) >= 11 is 0. The first-order valence-corrected chi connectivity index (χ1v) is 10.2. The first kappa shape index (κ1) is 19.5. The molecular formula is C18H23FN4O3S. The van der Waals surface area contributed by atoms with Crippen LogP contribution in [0.15, 0.2) is 29.4 Å². The second kappa shape index (κ2) is 7.40. The van der Waals surface area contributed by atoms with Crippen molar-refractivity contribution in [1.29, 1.82) is 0 Å². The van der Waals surface area contributed by atoms with Crippen LogP contribution in [-0.4, -0.2) is 59.3 Å². The van der Waals surface area contributed by atoms with E-state index >= 15 is 0 Å². The maximum Gasteiger partial charge on any atom is 0.262 e. The zero-order valence-electron chi connectivity index (χ0n) is 15.6. The number of aryl methyl sites for hydroxylation is 3. The Kier molecular flexibility index (Phi) is 5.34. The molecule has 1 aromatic heterocycles. The average molecular weight is 394 g/mol. The fourth-order valence-electron chi connectivity index (χ4n) is 3.03. The number of hydrogen-bond donors (Lipinski definition) is 0. The van der Waals surface area contributed by atoms with Crippen LogP contribution in [0.4, 0.5) is 4.39 Å². The normalized spacial score (nSPS) is 16.4. The summed E-state index contributed by atoms with van der Waals surface area (Å²) in [4.78, 5) is 18.4. The van der Waals surface area contributed by atoms with E-state index in [4.69, 9.17) is 0 Å². The summed E-state index contributed by atoms with van der Waals surface area (Å²) in [5, 5.41) is 0.0166. The van der Waals surface area contributed by atoms with Gasteiger partial charge in [-0.2, -0.15) is 4.31 Å². The SMILES string of the molecule is Cc1ccc(C(=O)N2CCCN(S(=O)(=O)c3cn(C)c(C)n3)CC2)cc1F. The van der Waals surface area contributed by atoms with Crippen LogP contribution in [0.1, 0.15) is 28.2 Å². The third-order valence-electron chi connectivity index (χ3n) is 4.85. The molecule has 146 valence electrons. The summed E-state index contributed by atoms with van der Waals surface area (Å²) in [6, 6.07) is 4.39. The lowest BCUT2D eigenvalue weighted by Crippen LogP contribution is -2.37. The largest absolute Gasteiger partial charge is 0.337 e. The van der Waals surface area contributed by atoms with E-state index in [9.17, 15) is 17.6 Å². The fraction of sp³-hybridized carbons (Fsp3) is 0.444. The molecule has 1 aliphatic heterocycles. The van der Waals surface area contributed by atoms with E-state index in [1.807, 2.05) is 0 Å². The lowest BCUT2D eigenvalue weighted by atomic mass is 10.1. The summed E-state index contributed by atoms with van der Waals surface area (Å²) in [5.41, 5.74) is 0.750. The van der Waals surface area contributed by atoms with Gasteiger partial charge in [0, 0.05) is 45.0 Å². The highest BCUT2D eigenvalue weighted by Crippen LogP contribution is 2.18. The molecule has 1 fully saturated rings. The lowest BCUT2D eigenvalue weighted by Gasteiger charge is -2.21. The Morgan fingerprint density at radius 1 is 1.15 bits per heavy atom. The van der Waals surface area contributed by atoms with Crippen LogP contribution in [0.25, 0.3) is 0 Å². The average Bonchev–Trinajstić information content (AvgIpc) is 2.84. The summed E-state index contributed by atoms with van der Waals surface area (Å²) < 4.78 is 42.4. The molecule has 3 rings (SSSR count). The van der Waals surface area contributed by atoms with E-state index in [-0.39, 0.29) is 29.6 Å². The lowest BCUT2D eigenvalue weighted by molar-refractivity contribution is 0.0763. The molecule has 9 heteroatoms. The van der Waals surface area contributed by atoms with Crippen molar-refractivity contribution in [3.8, 4) is 0 Å². The van der Waals surface area contributed by atoms with Gasteiger partial charge < -0.3 is 9.47 Å². The number of rotatable bonds is 3. The van der Waals surface area contributed by atoms with Crippen molar-refractivity contribution in [2.75, 3.05) is 26.2 Å². The first-order chi connectivity index (χ1) is 12.7. The number of benzene rings is 1. The highest BCUT2D eigenvalue weighted by atomic mass is 32.2. The van der Waals surface area contributed by atoms with E-state index in [0.29, 0.717) is 30.9 Å². The Labute approximate surface area is 158 Å². The van der Waals surface area contributed by atoms with Gasteiger partial charge in [-0.1, -0.05) is 6.07 Å². The molecule has 1 amide bonds. The van der Waals surface area contributed by atoms with Crippen molar-refractivity contribution in [1.82, 2.24) is 18.8 Å². The highest BCUT2D eigenvalue weighted by Gasteiger charge is 2.30. The van der Waals surface area contributed by atoms with E-state index in [1.165, 1.54) is 16.6 Å². The third kappa shape index (κ3) is 3.89. The van der Waals surface area contributed by atoms with Crippen molar-refractivity contribution in [2.24, 2.45) is 7.05 Å². The molecule has 0 bridgehead atoms. The van der Waals surface area contributed by atoms with Crippen molar-refractivity contribution >= 4 is 15.9 Å². The van der Waals surface area contributed by atoms with Gasteiger partial charge in [0.05, 0.1) is 0 Å². The van der Waals surface area contributed by atoms with Crippen molar-refractivity contribution in [3.63, 3.8) is 0 Å². The van der Waals surface area contributed by atoms with Crippen LogP contribution in [0, 0.1) is 19.7 Å². The Morgan fingerprint density at radius 3 is 2.52 bits per heavy atom. The van der Waals surface area contributed by atoms with Crippen molar-refractivity contribution in [2.45, 2.75) is 25.3 Å². The van der Waals surface area contributed by atoms with E-state index in [2.05, 4.69) is 4.98 Å². The monoisotopic (exact) mass is 394 g/mol. The molecule has 0 N–H and O–H groups in total. The molecule has 0 saturated carbocycles. The molecule has 27 heavy (non-hydrogen) atoms. The molecule has 7 nitrogen and oxygen atoms in total. The van der Waals surface area contributed by atoms with Crippen LogP contribution < -0.4 is 0 Å². The van der Waals surface area contributed by atoms with Gasteiger partial charge in [0.1, 0.15) is 11.6 Å². The molecular weight excluding hydrogens is 371 g/mol. The first-order valence-electron chi connectivity index (χ1n) is 8.75. The van der Waals surface area contributed by atoms with Gasteiger partial charge in [0.25, 0.3) is 15.9 Å². The van der Waals surface area contributed by atoms with E-state index in [1.54, 1.807) is 42.5 Å². The number of imidazole rings is 1. The van der Waals surface area contributed by atoms with Crippen LogP contribution in [-0.2, 0) is 17.1 Å². The maximum absolute atomic E-state index is 13.8. The smallest absolute Gasteiger partial charge is 0.262 e. The fourth-order valence-corrected chi connectivity index (χ4v) is 4.52. The molecule has 0 radical (unpaired) electrons. The topological polar surface area (TPSA) is 75.5 Å². The van der Waals surface area contributed by atoms with Gasteiger partial charge in [-0.25, -0.2) is 17.8 Å². The highest BCUT2D eigenvalue weighted by molar-refractivity contribution is 7.89. The number of aromatic nitrogens is 2. The molecule has 1 aromatic carbocycles. The summed E-state index contributed by atoms with van der Waals surface area (Å²) in [7, 11) is -1.97. The molecule has 1 saturated heterocycles. The third-order valence-corrected chi connectivity index (χ3v) is 6.62. The van der Waals surface area contributed by atoms with Crippen molar-refractivity contribution in [3.05, 3.63) is 47.2 Å². The summed E-state index contributed by atoms with van der Waals surface area (Å²) in [5.74, 6) is -0.103. The van der Waals surface area contributed by atoms with E-state index in [0.717, 1.165) is 0 Å². The second-order valence-electron chi connectivity index (χ2n) is 6.75. The molecule has 2 aromatic rings. The van der Waals surface area contributed by atoms with Gasteiger partial charge >= 0.3 is 0 Å². The minimum Gasteiger partial charge on any atom is -0.337 e. The van der Waals surface area contributed by atoms with E-state index < -0.39 is 15.8 Å². The number of carbonyl (C=O) groups is 1. The summed E-state index contributed by atoms with van der Waals surface area (Å²) in [6.45, 7) is 4.53. The Bertz CT molecular complexity index is 951. The molecule has 0 atom stereocenters. The van der Waals surface area contributed by atoms with Crippen LogP contribution >= 0.6 is 0 Å². The van der Waals surface area contributed by atoms with Crippen molar-refractivity contribution < 1.29 is 17.6 Å². The van der Waals surface area contributed by atoms with Crippen LogP contribution in [0.2, 0.25) is 0 Å². The van der Waals surface area contributed by atoms with Gasteiger partial charge in [-0.05, 0) is 38.0 Å². The second-order valence-corrected chi connectivity index (χ2v) is 8.64. The molecule has 1 aliphatic rings. The summed E-state index contributed by atoms with van der Waals surface area (Å²) in [6.07, 6.45) is 2.00. The minimum absolute atomic E-state index is 0.0166. The Morgan fingerprint density at radius 2 is 1.89 bits per heavy atom. The van der Waals surface area contributed by atoms with Gasteiger partial charge in [-0.3, -0.25) is 4.79 Å². The van der Waals surface area contributed by atoms with Crippen LogP contribution in [0.3, 0.4) is 0 Å². The zero-order valence-corrected chi connectivity index (χ0v) is 16.5. The van der Waals surface area contributed by atoms with Crippen LogP contribution in [0.5, 0.6) is 0 Å². The molecule has 0 aliphatic carbocycles. The zero-order chi connectivity index (χ0) is 19.8. The van der Waals surface area contributed by atoms with Gasteiger partial charge in [-0.15, -0.1) is 0 Å². The quantitative estimate of drug-likeness (QED) is 0.794. The number of carbonyl (C=O) groups excluding carboxylic acids is 1. The number of nitrogens with zero attached hydrogens (tertiary/aromatic N) is 4. The number of amides is 1. The number of hydrogen-bond acceptors (Lipinski definition) is 4. The maximum atomic E-state index is 13.8.